The van der Waals surface area contributed by atoms with E-state index >= 15 is 0 Å². The van der Waals surface area contributed by atoms with E-state index in [1.54, 1.807) is 18.3 Å². The van der Waals surface area contributed by atoms with E-state index in [0.29, 0.717) is 34.8 Å². The molecule has 0 aliphatic carbocycles. The summed E-state index contributed by atoms with van der Waals surface area (Å²) in [6, 6.07) is 10.9. The van der Waals surface area contributed by atoms with Gasteiger partial charge >= 0.3 is 0 Å². The number of rotatable bonds is 9. The van der Waals surface area contributed by atoms with Crippen LogP contribution in [0.15, 0.2) is 52.1 Å². The molecular formula is C19H17Cl4NO3. The fourth-order valence-electron chi connectivity index (χ4n) is 1.99. The van der Waals surface area contributed by atoms with E-state index in [1.165, 1.54) is 6.08 Å². The molecule has 0 fully saturated rings. The minimum atomic E-state index is 0.127. The van der Waals surface area contributed by atoms with Crippen LogP contribution in [0, 0.1) is 0 Å². The Balaban J connectivity index is 1.98. The molecule has 144 valence electrons. The summed E-state index contributed by atoms with van der Waals surface area (Å²) in [5.41, 5.74) is 1.88. The Morgan fingerprint density at radius 3 is 2.30 bits per heavy atom. The average molecular weight is 449 g/mol. The molecule has 0 saturated carbocycles. The molecule has 0 atom stereocenters. The van der Waals surface area contributed by atoms with Crippen LogP contribution in [-0.4, -0.2) is 19.4 Å². The highest BCUT2D eigenvalue weighted by Crippen LogP contribution is 2.37. The third kappa shape index (κ3) is 7.51. The Kier molecular flexibility index (Phi) is 9.08. The van der Waals surface area contributed by atoms with Crippen molar-refractivity contribution in [2.24, 2.45) is 5.16 Å². The van der Waals surface area contributed by atoms with Crippen molar-refractivity contribution in [3.63, 3.8) is 0 Å². The van der Waals surface area contributed by atoms with Crippen molar-refractivity contribution in [3.8, 4) is 11.5 Å². The van der Waals surface area contributed by atoms with Crippen LogP contribution in [0.1, 0.15) is 18.1 Å². The summed E-state index contributed by atoms with van der Waals surface area (Å²) in [7, 11) is 0. The van der Waals surface area contributed by atoms with Gasteiger partial charge in [0.05, 0.1) is 16.3 Å². The average Bonchev–Trinajstić information content (AvgIpc) is 2.62. The highest BCUT2D eigenvalue weighted by atomic mass is 35.5. The molecule has 4 nitrogen and oxygen atoms in total. The standard InChI is InChI=1S/C19H17Cl4NO3/c1-2-27-24-11-13-3-5-14(6-4-13)12-26-19-16(20)9-15(10-17(19)21)25-8-7-18(22)23/h3-7,9-11H,2,8,12H2,1H3. The van der Waals surface area contributed by atoms with Gasteiger partial charge in [-0.25, -0.2) is 0 Å². The fraction of sp³-hybridized carbons (Fsp3) is 0.211. The zero-order valence-corrected chi connectivity index (χ0v) is 17.4. The van der Waals surface area contributed by atoms with E-state index < -0.39 is 0 Å². The summed E-state index contributed by atoms with van der Waals surface area (Å²) >= 11 is 23.6. The molecule has 0 unspecified atom stereocenters. The molecule has 0 aromatic heterocycles. The Bertz CT molecular complexity index is 780. The molecule has 0 saturated heterocycles. The number of halogens is 4. The predicted octanol–water partition coefficient (Wildman–Crippen LogP) is 6.64. The maximum absolute atomic E-state index is 6.25. The Morgan fingerprint density at radius 2 is 1.70 bits per heavy atom. The number of hydrogen-bond acceptors (Lipinski definition) is 4. The molecule has 8 heteroatoms. The molecule has 2 aromatic carbocycles. The summed E-state index contributed by atoms with van der Waals surface area (Å²) in [6.45, 7) is 2.92. The molecule has 0 aliphatic rings. The van der Waals surface area contributed by atoms with Gasteiger partial charge in [0.15, 0.2) is 5.75 Å². The van der Waals surface area contributed by atoms with E-state index in [0.717, 1.165) is 11.1 Å². The van der Waals surface area contributed by atoms with Gasteiger partial charge in [-0.05, 0) is 24.1 Å². The molecule has 0 N–H and O–H groups in total. The molecule has 0 bridgehead atoms. The minimum absolute atomic E-state index is 0.127. The molecule has 2 aromatic rings. The van der Waals surface area contributed by atoms with Crippen LogP contribution in [0.2, 0.25) is 10.0 Å². The first-order valence-corrected chi connectivity index (χ1v) is 9.51. The van der Waals surface area contributed by atoms with Crippen LogP contribution < -0.4 is 9.47 Å². The molecule has 27 heavy (non-hydrogen) atoms. The first kappa shape index (κ1) is 21.7. The van der Waals surface area contributed by atoms with Crippen molar-refractivity contribution < 1.29 is 14.3 Å². The van der Waals surface area contributed by atoms with E-state index in [1.807, 2.05) is 31.2 Å². The predicted molar refractivity (Wildman–Crippen MR) is 112 cm³/mol. The lowest BCUT2D eigenvalue weighted by molar-refractivity contribution is 0.160. The lowest BCUT2D eigenvalue weighted by atomic mass is 10.1. The van der Waals surface area contributed by atoms with Crippen LogP contribution in [0.5, 0.6) is 11.5 Å². The largest absolute Gasteiger partial charge is 0.489 e. The van der Waals surface area contributed by atoms with Crippen molar-refractivity contribution in [1.29, 1.82) is 0 Å². The fourth-order valence-corrected chi connectivity index (χ4v) is 2.69. The van der Waals surface area contributed by atoms with Gasteiger partial charge in [-0.1, -0.05) is 75.8 Å². The lowest BCUT2D eigenvalue weighted by Gasteiger charge is -2.12. The van der Waals surface area contributed by atoms with Gasteiger partial charge in [0, 0.05) is 12.1 Å². The highest BCUT2D eigenvalue weighted by molar-refractivity contribution is 6.55. The van der Waals surface area contributed by atoms with E-state index in [9.17, 15) is 0 Å². The number of nitrogens with zero attached hydrogens (tertiary/aromatic N) is 1. The molecule has 0 amide bonds. The number of benzene rings is 2. The summed E-state index contributed by atoms with van der Waals surface area (Å²) < 4.78 is 11.3. The molecule has 0 aliphatic heterocycles. The van der Waals surface area contributed by atoms with Crippen molar-refractivity contribution in [2.45, 2.75) is 13.5 Å². The van der Waals surface area contributed by atoms with Crippen LogP contribution in [0.25, 0.3) is 0 Å². The third-order valence-corrected chi connectivity index (χ3v) is 4.10. The van der Waals surface area contributed by atoms with Crippen molar-refractivity contribution in [2.75, 3.05) is 13.2 Å². The smallest absolute Gasteiger partial charge is 0.157 e. The SMILES string of the molecule is CCON=Cc1ccc(COc2c(Cl)cc(OCC=C(Cl)Cl)cc2Cl)cc1. The van der Waals surface area contributed by atoms with E-state index in [4.69, 9.17) is 60.7 Å². The molecule has 0 heterocycles. The van der Waals surface area contributed by atoms with Crippen molar-refractivity contribution >= 4 is 52.6 Å². The maximum Gasteiger partial charge on any atom is 0.157 e. The first-order valence-electron chi connectivity index (χ1n) is 7.99. The van der Waals surface area contributed by atoms with Crippen LogP contribution in [-0.2, 0) is 11.4 Å². The van der Waals surface area contributed by atoms with Gasteiger partial charge in [-0.3, -0.25) is 0 Å². The molecule has 0 radical (unpaired) electrons. The van der Waals surface area contributed by atoms with Crippen LogP contribution in [0.4, 0.5) is 0 Å². The quantitative estimate of drug-likeness (QED) is 0.318. The topological polar surface area (TPSA) is 40.0 Å². The Morgan fingerprint density at radius 1 is 1.04 bits per heavy atom. The number of oxime groups is 1. The van der Waals surface area contributed by atoms with Gasteiger partial charge in [0.1, 0.15) is 30.1 Å². The van der Waals surface area contributed by atoms with Gasteiger partial charge in [0.2, 0.25) is 0 Å². The third-order valence-electron chi connectivity index (χ3n) is 3.23. The molecule has 0 spiro atoms. The van der Waals surface area contributed by atoms with Gasteiger partial charge < -0.3 is 14.3 Å². The Hall–Kier alpha value is -1.59. The highest BCUT2D eigenvalue weighted by Gasteiger charge is 2.11. The number of hydrogen-bond donors (Lipinski definition) is 0. The summed E-state index contributed by atoms with van der Waals surface area (Å²) in [4.78, 5) is 4.93. The summed E-state index contributed by atoms with van der Waals surface area (Å²) in [5, 5.41) is 4.52. The van der Waals surface area contributed by atoms with E-state index in [2.05, 4.69) is 5.16 Å². The second kappa shape index (κ2) is 11.3. The van der Waals surface area contributed by atoms with Crippen LogP contribution >= 0.6 is 46.4 Å². The Labute approximate surface area is 178 Å². The zero-order valence-electron chi connectivity index (χ0n) is 14.4. The van der Waals surface area contributed by atoms with Gasteiger partial charge in [0.25, 0.3) is 0 Å². The van der Waals surface area contributed by atoms with Crippen LogP contribution in [0.3, 0.4) is 0 Å². The second-order valence-corrected chi connectivity index (χ2v) is 7.03. The molecular weight excluding hydrogens is 432 g/mol. The lowest BCUT2D eigenvalue weighted by Crippen LogP contribution is -1.99. The second-order valence-electron chi connectivity index (χ2n) is 5.20. The van der Waals surface area contributed by atoms with Gasteiger partial charge in [-0.15, -0.1) is 0 Å². The maximum atomic E-state index is 6.25. The first-order chi connectivity index (χ1) is 13.0. The van der Waals surface area contributed by atoms with Gasteiger partial charge in [-0.2, -0.15) is 0 Å². The summed E-state index contributed by atoms with van der Waals surface area (Å²) in [5.74, 6) is 0.875. The number of ether oxygens (including phenoxy) is 2. The minimum Gasteiger partial charge on any atom is -0.489 e. The summed E-state index contributed by atoms with van der Waals surface area (Å²) in [6.07, 6.45) is 3.16. The monoisotopic (exact) mass is 447 g/mol. The zero-order chi connectivity index (χ0) is 19.6. The van der Waals surface area contributed by atoms with E-state index in [-0.39, 0.29) is 11.1 Å². The molecule has 2 rings (SSSR count). The van der Waals surface area contributed by atoms with Crippen molar-refractivity contribution in [1.82, 2.24) is 0 Å². The van der Waals surface area contributed by atoms with Crippen molar-refractivity contribution in [3.05, 3.63) is 68.1 Å². The normalized spacial score (nSPS) is 10.7.